The van der Waals surface area contributed by atoms with Gasteiger partial charge < -0.3 is 25.1 Å². The predicted octanol–water partition coefficient (Wildman–Crippen LogP) is 2.56. The van der Waals surface area contributed by atoms with Crippen molar-refractivity contribution in [3.8, 4) is 5.75 Å². The zero-order valence-corrected chi connectivity index (χ0v) is 14.0. The third-order valence-corrected chi connectivity index (χ3v) is 3.40. The molecule has 0 spiro atoms. The topological polar surface area (TPSA) is 92.6 Å². The Morgan fingerprint density at radius 1 is 1.15 bits per heavy atom. The molecule has 2 rings (SSSR count). The van der Waals surface area contributed by atoms with Crippen LogP contribution in [0.4, 0.5) is 13.6 Å². The first-order valence-corrected chi connectivity index (χ1v) is 7.82. The normalized spacial score (nSPS) is 11.7. The van der Waals surface area contributed by atoms with Gasteiger partial charge in [-0.05, 0) is 36.8 Å². The fourth-order valence-electron chi connectivity index (χ4n) is 2.12. The van der Waals surface area contributed by atoms with Gasteiger partial charge in [-0.1, -0.05) is 12.1 Å². The SMILES string of the molecule is CC(NC(=O)CNC(=O)NCc1ccco1)c1ccc(OC(F)F)cc1. The van der Waals surface area contributed by atoms with Crippen LogP contribution in [0.1, 0.15) is 24.3 Å². The molecular weight excluding hydrogens is 348 g/mol. The monoisotopic (exact) mass is 367 g/mol. The summed E-state index contributed by atoms with van der Waals surface area (Å²) in [4.78, 5) is 23.5. The van der Waals surface area contributed by atoms with Crippen molar-refractivity contribution in [2.24, 2.45) is 0 Å². The van der Waals surface area contributed by atoms with Gasteiger partial charge in [0, 0.05) is 0 Å². The molecule has 0 fully saturated rings. The minimum atomic E-state index is -2.89. The first-order valence-electron chi connectivity index (χ1n) is 7.82. The van der Waals surface area contributed by atoms with Crippen molar-refractivity contribution in [3.05, 3.63) is 54.0 Å². The summed E-state index contributed by atoms with van der Waals surface area (Å²) in [6.45, 7) is -1.15. The van der Waals surface area contributed by atoms with Crippen LogP contribution in [0.15, 0.2) is 47.1 Å². The van der Waals surface area contributed by atoms with Crippen molar-refractivity contribution < 1.29 is 27.5 Å². The fraction of sp³-hybridized carbons (Fsp3) is 0.294. The Hall–Kier alpha value is -3.10. The van der Waals surface area contributed by atoms with E-state index >= 15 is 0 Å². The number of hydrogen-bond acceptors (Lipinski definition) is 4. The van der Waals surface area contributed by atoms with Crippen LogP contribution in [-0.2, 0) is 11.3 Å². The number of halogens is 2. The van der Waals surface area contributed by atoms with Gasteiger partial charge in [-0.25, -0.2) is 4.79 Å². The molecule has 0 aliphatic carbocycles. The summed E-state index contributed by atoms with van der Waals surface area (Å²) in [6, 6.07) is 8.49. The second-order valence-electron chi connectivity index (χ2n) is 5.35. The van der Waals surface area contributed by atoms with E-state index in [0.29, 0.717) is 11.3 Å². The van der Waals surface area contributed by atoms with Gasteiger partial charge >= 0.3 is 12.6 Å². The number of benzene rings is 1. The average molecular weight is 367 g/mol. The van der Waals surface area contributed by atoms with Crippen LogP contribution < -0.4 is 20.7 Å². The lowest BCUT2D eigenvalue weighted by Crippen LogP contribution is -2.42. The third-order valence-electron chi connectivity index (χ3n) is 3.40. The molecule has 2 aromatic rings. The number of rotatable bonds is 8. The molecule has 1 aromatic heterocycles. The molecule has 0 bridgehead atoms. The highest BCUT2D eigenvalue weighted by Crippen LogP contribution is 2.19. The van der Waals surface area contributed by atoms with E-state index in [4.69, 9.17) is 4.42 Å². The van der Waals surface area contributed by atoms with Crippen molar-refractivity contribution in [1.29, 1.82) is 0 Å². The predicted molar refractivity (Wildman–Crippen MR) is 88.6 cm³/mol. The van der Waals surface area contributed by atoms with Crippen molar-refractivity contribution in [1.82, 2.24) is 16.0 Å². The highest BCUT2D eigenvalue weighted by molar-refractivity contribution is 5.84. The second kappa shape index (κ2) is 9.40. The van der Waals surface area contributed by atoms with Gasteiger partial charge in [0.15, 0.2) is 0 Å². The molecule has 9 heteroatoms. The first kappa shape index (κ1) is 19.2. The molecule has 140 valence electrons. The molecule has 1 heterocycles. The number of alkyl halides is 2. The quantitative estimate of drug-likeness (QED) is 0.669. The van der Waals surface area contributed by atoms with E-state index in [-0.39, 0.29) is 24.9 Å². The largest absolute Gasteiger partial charge is 0.467 e. The van der Waals surface area contributed by atoms with Gasteiger partial charge in [0.2, 0.25) is 5.91 Å². The number of hydrogen-bond donors (Lipinski definition) is 3. The number of amides is 3. The number of furan rings is 1. The summed E-state index contributed by atoms with van der Waals surface area (Å²) in [5, 5.41) is 7.67. The molecule has 0 radical (unpaired) electrons. The van der Waals surface area contributed by atoms with Crippen molar-refractivity contribution >= 4 is 11.9 Å². The number of carbonyl (C=O) groups excluding carboxylic acids is 2. The van der Waals surface area contributed by atoms with E-state index in [2.05, 4.69) is 20.7 Å². The summed E-state index contributed by atoms with van der Waals surface area (Å²) in [6.07, 6.45) is 1.50. The van der Waals surface area contributed by atoms with Crippen molar-refractivity contribution in [3.63, 3.8) is 0 Å². The Labute approximate surface area is 148 Å². The van der Waals surface area contributed by atoms with Crippen LogP contribution in [0.5, 0.6) is 5.75 Å². The number of ether oxygens (including phenoxy) is 1. The summed E-state index contributed by atoms with van der Waals surface area (Å²) in [5.41, 5.74) is 0.710. The molecule has 0 aliphatic rings. The van der Waals surface area contributed by atoms with E-state index in [9.17, 15) is 18.4 Å². The summed E-state index contributed by atoms with van der Waals surface area (Å²) in [7, 11) is 0. The number of nitrogens with one attached hydrogen (secondary N) is 3. The number of carbonyl (C=O) groups is 2. The Bertz CT molecular complexity index is 705. The van der Waals surface area contributed by atoms with E-state index in [1.807, 2.05) is 0 Å². The smallest absolute Gasteiger partial charge is 0.387 e. The molecule has 3 N–H and O–H groups in total. The molecule has 7 nitrogen and oxygen atoms in total. The molecule has 3 amide bonds. The fourth-order valence-corrected chi connectivity index (χ4v) is 2.12. The zero-order valence-electron chi connectivity index (χ0n) is 14.0. The lowest BCUT2D eigenvalue weighted by Gasteiger charge is -2.15. The molecular formula is C17H19F2N3O4. The summed E-state index contributed by atoms with van der Waals surface area (Å²) in [5.74, 6) is 0.244. The van der Waals surface area contributed by atoms with Crippen LogP contribution in [0.2, 0.25) is 0 Å². The van der Waals surface area contributed by atoms with Gasteiger partial charge in [0.1, 0.15) is 11.5 Å². The van der Waals surface area contributed by atoms with E-state index in [0.717, 1.165) is 0 Å². The molecule has 1 atom stereocenters. The highest BCUT2D eigenvalue weighted by atomic mass is 19.3. The molecule has 1 unspecified atom stereocenters. The lowest BCUT2D eigenvalue weighted by molar-refractivity contribution is -0.120. The lowest BCUT2D eigenvalue weighted by atomic mass is 10.1. The van der Waals surface area contributed by atoms with Gasteiger partial charge in [-0.15, -0.1) is 0 Å². The van der Waals surface area contributed by atoms with E-state index in [1.165, 1.54) is 18.4 Å². The Kier molecular flexibility index (Phi) is 6.95. The van der Waals surface area contributed by atoms with Gasteiger partial charge in [0.05, 0.1) is 25.4 Å². The third kappa shape index (κ3) is 6.42. The minimum absolute atomic E-state index is 0.0390. The molecule has 0 saturated carbocycles. The average Bonchev–Trinajstić information content (AvgIpc) is 3.11. The Balaban J connectivity index is 1.71. The van der Waals surface area contributed by atoms with Crippen molar-refractivity contribution in [2.75, 3.05) is 6.54 Å². The molecule has 1 aromatic carbocycles. The van der Waals surface area contributed by atoms with E-state index < -0.39 is 18.5 Å². The minimum Gasteiger partial charge on any atom is -0.467 e. The van der Waals surface area contributed by atoms with Gasteiger partial charge in [0.25, 0.3) is 0 Å². The first-order chi connectivity index (χ1) is 12.4. The van der Waals surface area contributed by atoms with Gasteiger partial charge in [-0.2, -0.15) is 8.78 Å². The standard InChI is InChI=1S/C17H19F2N3O4/c1-11(12-4-6-13(7-5-12)26-16(18)19)22-15(23)10-21-17(24)20-9-14-3-2-8-25-14/h2-8,11,16H,9-10H2,1H3,(H,22,23)(H2,20,21,24). The van der Waals surface area contributed by atoms with Crippen molar-refractivity contribution in [2.45, 2.75) is 26.1 Å². The Morgan fingerprint density at radius 3 is 2.50 bits per heavy atom. The van der Waals surface area contributed by atoms with E-state index in [1.54, 1.807) is 31.2 Å². The molecule has 26 heavy (non-hydrogen) atoms. The molecule has 0 aliphatic heterocycles. The molecule has 0 saturated heterocycles. The summed E-state index contributed by atoms with van der Waals surface area (Å²) < 4.78 is 33.6. The second-order valence-corrected chi connectivity index (χ2v) is 5.35. The Morgan fingerprint density at radius 2 is 1.88 bits per heavy atom. The van der Waals surface area contributed by atoms with Crippen LogP contribution >= 0.6 is 0 Å². The maximum atomic E-state index is 12.1. The van der Waals surface area contributed by atoms with Crippen LogP contribution in [0.25, 0.3) is 0 Å². The maximum Gasteiger partial charge on any atom is 0.387 e. The number of urea groups is 1. The zero-order chi connectivity index (χ0) is 18.9. The van der Waals surface area contributed by atoms with Crippen LogP contribution in [0, 0.1) is 0 Å². The van der Waals surface area contributed by atoms with Gasteiger partial charge in [-0.3, -0.25) is 4.79 Å². The maximum absolute atomic E-state index is 12.1. The van der Waals surface area contributed by atoms with Crippen LogP contribution in [0.3, 0.4) is 0 Å². The highest BCUT2D eigenvalue weighted by Gasteiger charge is 2.12. The summed E-state index contributed by atoms with van der Waals surface area (Å²) >= 11 is 0. The van der Waals surface area contributed by atoms with Crippen LogP contribution in [-0.4, -0.2) is 25.1 Å².